The number of hydrogen-bond acceptors (Lipinski definition) is 4. The number of piperidine rings is 1. The number of fused-ring (bicyclic) bond motifs is 1. The molecule has 5 nitrogen and oxygen atoms in total. The monoisotopic (exact) mass is 270 g/mol. The Kier molecular flexibility index (Phi) is 3.36. The predicted molar refractivity (Wildman–Crippen MR) is 80.3 cm³/mol. The summed E-state index contributed by atoms with van der Waals surface area (Å²) >= 11 is 0. The van der Waals surface area contributed by atoms with Gasteiger partial charge in [0.05, 0.1) is 10.9 Å². The van der Waals surface area contributed by atoms with Crippen molar-refractivity contribution in [2.45, 2.75) is 19.8 Å². The molecular weight excluding hydrogens is 252 g/mol. The third-order valence-electron chi connectivity index (χ3n) is 3.72. The number of likely N-dealkylation sites (tertiary alicyclic amines) is 1. The van der Waals surface area contributed by atoms with E-state index < -0.39 is 0 Å². The smallest absolute Gasteiger partial charge is 0.282 e. The highest BCUT2D eigenvalue weighted by Gasteiger charge is 2.13. The molecule has 1 aromatic carbocycles. The van der Waals surface area contributed by atoms with Gasteiger partial charge >= 0.3 is 0 Å². The first kappa shape index (κ1) is 13.0. The Morgan fingerprint density at radius 1 is 1.20 bits per heavy atom. The van der Waals surface area contributed by atoms with Crippen molar-refractivity contribution >= 4 is 16.6 Å². The van der Waals surface area contributed by atoms with E-state index in [0.29, 0.717) is 11.2 Å². The first-order valence-corrected chi connectivity index (χ1v) is 6.89. The standard InChI is InChI=1S/C15H18N4O/c1-11-16-14-6-4-3-5-13(14)15(20)19(11)17-12-7-9-18(2)10-8-12/h3-6H,7-10H2,1-2H3. The van der Waals surface area contributed by atoms with Gasteiger partial charge in [-0.25, -0.2) is 4.98 Å². The van der Waals surface area contributed by atoms with Gasteiger partial charge in [0, 0.05) is 31.6 Å². The molecule has 2 aromatic rings. The Morgan fingerprint density at radius 2 is 1.90 bits per heavy atom. The summed E-state index contributed by atoms with van der Waals surface area (Å²) in [6.45, 7) is 3.81. The lowest BCUT2D eigenvalue weighted by Gasteiger charge is -2.23. The lowest BCUT2D eigenvalue weighted by Crippen LogP contribution is -2.31. The highest BCUT2D eigenvalue weighted by molar-refractivity contribution is 5.85. The second-order valence-corrected chi connectivity index (χ2v) is 5.26. The Labute approximate surface area is 117 Å². The third-order valence-corrected chi connectivity index (χ3v) is 3.72. The molecule has 0 spiro atoms. The van der Waals surface area contributed by atoms with Crippen LogP contribution in [0.25, 0.3) is 10.9 Å². The van der Waals surface area contributed by atoms with Crippen molar-refractivity contribution in [3.05, 3.63) is 40.4 Å². The van der Waals surface area contributed by atoms with Crippen molar-refractivity contribution in [1.29, 1.82) is 0 Å². The molecule has 1 aliphatic rings. The Hall–Kier alpha value is -2.01. The number of aromatic nitrogens is 2. The van der Waals surface area contributed by atoms with Crippen molar-refractivity contribution in [3.63, 3.8) is 0 Å². The Balaban J connectivity index is 2.08. The molecule has 0 saturated carbocycles. The van der Waals surface area contributed by atoms with E-state index in [1.165, 1.54) is 4.68 Å². The molecule has 0 radical (unpaired) electrons. The molecule has 1 saturated heterocycles. The number of rotatable bonds is 1. The van der Waals surface area contributed by atoms with Crippen LogP contribution in [0.4, 0.5) is 0 Å². The minimum absolute atomic E-state index is 0.0838. The molecule has 0 unspecified atom stereocenters. The fourth-order valence-electron chi connectivity index (χ4n) is 2.47. The number of para-hydroxylation sites is 1. The molecule has 1 aliphatic heterocycles. The molecule has 0 bridgehead atoms. The molecule has 0 aliphatic carbocycles. The number of nitrogens with zero attached hydrogens (tertiary/aromatic N) is 4. The highest BCUT2D eigenvalue weighted by atomic mass is 16.1. The normalized spacial score (nSPS) is 16.6. The van der Waals surface area contributed by atoms with E-state index in [0.717, 1.165) is 37.2 Å². The maximum Gasteiger partial charge on any atom is 0.282 e. The van der Waals surface area contributed by atoms with Gasteiger partial charge < -0.3 is 4.90 Å². The topological polar surface area (TPSA) is 50.5 Å². The molecule has 5 heteroatoms. The molecule has 104 valence electrons. The maximum absolute atomic E-state index is 12.5. The quantitative estimate of drug-likeness (QED) is 0.791. The molecule has 0 amide bonds. The summed E-state index contributed by atoms with van der Waals surface area (Å²) in [4.78, 5) is 19.2. The van der Waals surface area contributed by atoms with Crippen molar-refractivity contribution in [1.82, 2.24) is 14.6 Å². The molecule has 0 N–H and O–H groups in total. The van der Waals surface area contributed by atoms with Crippen LogP contribution in [0.15, 0.2) is 34.2 Å². The largest absolute Gasteiger partial charge is 0.306 e. The van der Waals surface area contributed by atoms with Gasteiger partial charge in [-0.15, -0.1) is 0 Å². The van der Waals surface area contributed by atoms with E-state index >= 15 is 0 Å². The number of benzene rings is 1. The number of hydrogen-bond donors (Lipinski definition) is 0. The SMILES string of the molecule is Cc1nc2ccccc2c(=O)n1N=C1CCN(C)CC1. The van der Waals surface area contributed by atoms with Gasteiger partial charge in [0.1, 0.15) is 5.82 Å². The first-order valence-electron chi connectivity index (χ1n) is 6.89. The van der Waals surface area contributed by atoms with Crippen LogP contribution in [0.3, 0.4) is 0 Å². The van der Waals surface area contributed by atoms with Crippen LogP contribution in [-0.2, 0) is 0 Å². The molecule has 3 rings (SSSR count). The van der Waals surface area contributed by atoms with Crippen molar-refractivity contribution in [3.8, 4) is 0 Å². The minimum Gasteiger partial charge on any atom is -0.306 e. The van der Waals surface area contributed by atoms with E-state index in [2.05, 4.69) is 22.0 Å². The van der Waals surface area contributed by atoms with Crippen LogP contribution in [0.5, 0.6) is 0 Å². The van der Waals surface area contributed by atoms with Crippen molar-refractivity contribution in [2.24, 2.45) is 5.10 Å². The van der Waals surface area contributed by atoms with Gasteiger partial charge in [-0.2, -0.15) is 9.78 Å². The number of aryl methyl sites for hydroxylation is 1. The summed E-state index contributed by atoms with van der Waals surface area (Å²) in [5, 5.41) is 5.15. The lowest BCUT2D eigenvalue weighted by atomic mass is 10.1. The molecule has 1 aromatic heterocycles. The molecule has 20 heavy (non-hydrogen) atoms. The molecule has 1 fully saturated rings. The Morgan fingerprint density at radius 3 is 2.65 bits per heavy atom. The Bertz CT molecular complexity index is 722. The van der Waals surface area contributed by atoms with Crippen LogP contribution < -0.4 is 5.56 Å². The van der Waals surface area contributed by atoms with Crippen LogP contribution >= 0.6 is 0 Å². The van der Waals surface area contributed by atoms with Crippen LogP contribution in [0.1, 0.15) is 18.7 Å². The van der Waals surface area contributed by atoms with Gasteiger partial charge in [0.25, 0.3) is 5.56 Å². The van der Waals surface area contributed by atoms with Crippen molar-refractivity contribution < 1.29 is 0 Å². The van der Waals surface area contributed by atoms with E-state index in [1.54, 1.807) is 6.07 Å². The molecule has 0 atom stereocenters. The third kappa shape index (κ3) is 2.36. The van der Waals surface area contributed by atoms with Gasteiger partial charge in [-0.1, -0.05) is 12.1 Å². The average molecular weight is 270 g/mol. The predicted octanol–water partition coefficient (Wildman–Crippen LogP) is 1.63. The average Bonchev–Trinajstić information content (AvgIpc) is 2.45. The first-order chi connectivity index (χ1) is 9.65. The van der Waals surface area contributed by atoms with Gasteiger partial charge in [-0.05, 0) is 26.1 Å². The van der Waals surface area contributed by atoms with Gasteiger partial charge in [0.15, 0.2) is 0 Å². The fourth-order valence-corrected chi connectivity index (χ4v) is 2.47. The van der Waals surface area contributed by atoms with E-state index in [1.807, 2.05) is 25.1 Å². The van der Waals surface area contributed by atoms with E-state index in [4.69, 9.17) is 0 Å². The van der Waals surface area contributed by atoms with Crippen LogP contribution in [-0.4, -0.2) is 40.4 Å². The maximum atomic E-state index is 12.5. The zero-order valence-electron chi connectivity index (χ0n) is 11.8. The summed E-state index contributed by atoms with van der Waals surface area (Å²) in [6.07, 6.45) is 1.82. The van der Waals surface area contributed by atoms with E-state index in [-0.39, 0.29) is 5.56 Å². The fraction of sp³-hybridized carbons (Fsp3) is 0.400. The molecule has 2 heterocycles. The zero-order chi connectivity index (χ0) is 14.1. The minimum atomic E-state index is -0.0838. The van der Waals surface area contributed by atoms with Gasteiger partial charge in [-0.3, -0.25) is 4.79 Å². The summed E-state index contributed by atoms with van der Waals surface area (Å²) in [7, 11) is 2.10. The summed E-state index contributed by atoms with van der Waals surface area (Å²) in [5.74, 6) is 0.639. The zero-order valence-corrected chi connectivity index (χ0v) is 11.8. The summed E-state index contributed by atoms with van der Waals surface area (Å²) in [5.41, 5.74) is 1.72. The van der Waals surface area contributed by atoms with Crippen molar-refractivity contribution in [2.75, 3.05) is 20.1 Å². The summed E-state index contributed by atoms with van der Waals surface area (Å²) in [6, 6.07) is 7.40. The second kappa shape index (κ2) is 5.17. The van der Waals surface area contributed by atoms with E-state index in [9.17, 15) is 4.79 Å². The lowest BCUT2D eigenvalue weighted by molar-refractivity contribution is 0.335. The molecular formula is C15H18N4O. The van der Waals surface area contributed by atoms with Crippen LogP contribution in [0.2, 0.25) is 0 Å². The van der Waals surface area contributed by atoms with Crippen LogP contribution in [0, 0.1) is 6.92 Å². The second-order valence-electron chi connectivity index (χ2n) is 5.26. The summed E-state index contributed by atoms with van der Waals surface area (Å²) < 4.78 is 1.45. The highest BCUT2D eigenvalue weighted by Crippen LogP contribution is 2.09. The van der Waals surface area contributed by atoms with Gasteiger partial charge in [0.2, 0.25) is 0 Å².